The minimum absolute atomic E-state index is 0.106. The average molecular weight is 271 g/mol. The fourth-order valence-corrected chi connectivity index (χ4v) is 4.83. The Morgan fingerprint density at radius 3 is 2.50 bits per heavy atom. The summed E-state index contributed by atoms with van der Waals surface area (Å²) in [6.07, 6.45) is 3.52. The first-order valence-electron chi connectivity index (χ1n) is 7.76. The van der Waals surface area contributed by atoms with E-state index in [4.69, 9.17) is 0 Å². The van der Waals surface area contributed by atoms with Gasteiger partial charge in [-0.2, -0.15) is 0 Å². The van der Waals surface area contributed by atoms with Crippen molar-refractivity contribution in [2.75, 3.05) is 13.1 Å². The molecule has 106 valence electrons. The maximum Gasteiger partial charge on any atom is 0.308 e. The molecule has 0 aromatic heterocycles. The van der Waals surface area contributed by atoms with E-state index in [1.165, 1.54) is 12.0 Å². The van der Waals surface area contributed by atoms with Crippen molar-refractivity contribution >= 4 is 5.97 Å². The second kappa shape index (κ2) is 4.59. The molecule has 3 fully saturated rings. The second-order valence-corrected chi connectivity index (χ2v) is 6.75. The predicted molar refractivity (Wildman–Crippen MR) is 76.5 cm³/mol. The molecular formula is C17H21NO2. The van der Waals surface area contributed by atoms with Gasteiger partial charge in [0.15, 0.2) is 0 Å². The quantitative estimate of drug-likeness (QED) is 0.918. The van der Waals surface area contributed by atoms with Crippen molar-refractivity contribution in [3.8, 4) is 0 Å². The fraction of sp³-hybridized carbons (Fsp3) is 0.588. The highest BCUT2D eigenvalue weighted by Crippen LogP contribution is 2.52. The smallest absolute Gasteiger partial charge is 0.308 e. The number of aliphatic carboxylic acids is 1. The van der Waals surface area contributed by atoms with Crippen LogP contribution in [0.25, 0.3) is 0 Å². The van der Waals surface area contributed by atoms with E-state index in [1.807, 2.05) is 0 Å². The molecular weight excluding hydrogens is 250 g/mol. The van der Waals surface area contributed by atoms with Gasteiger partial charge in [-0.15, -0.1) is 0 Å². The molecule has 4 rings (SSSR count). The van der Waals surface area contributed by atoms with E-state index in [-0.39, 0.29) is 5.92 Å². The third kappa shape index (κ3) is 1.80. The molecule has 2 bridgehead atoms. The van der Waals surface area contributed by atoms with E-state index in [0.717, 1.165) is 25.9 Å². The van der Waals surface area contributed by atoms with E-state index < -0.39 is 5.97 Å². The Hall–Kier alpha value is -1.35. The van der Waals surface area contributed by atoms with Crippen molar-refractivity contribution < 1.29 is 9.90 Å². The van der Waals surface area contributed by atoms with Gasteiger partial charge in [0.1, 0.15) is 0 Å². The average Bonchev–Trinajstić information content (AvgIpc) is 2.99. The lowest BCUT2D eigenvalue weighted by atomic mass is 9.80. The van der Waals surface area contributed by atoms with Crippen LogP contribution in [0, 0.1) is 17.8 Å². The fourth-order valence-electron chi connectivity index (χ4n) is 4.83. The molecule has 1 saturated heterocycles. The SMILES string of the molecule is O=C(O)C1C2CCC(C2)C1N1CC(c2ccccc2)C1. The molecule has 4 unspecified atom stereocenters. The second-order valence-electron chi connectivity index (χ2n) is 6.75. The molecule has 0 radical (unpaired) electrons. The number of carboxylic acids is 1. The van der Waals surface area contributed by atoms with Gasteiger partial charge in [-0.1, -0.05) is 30.3 Å². The number of benzene rings is 1. The first kappa shape index (κ1) is 12.4. The summed E-state index contributed by atoms with van der Waals surface area (Å²) >= 11 is 0. The van der Waals surface area contributed by atoms with Crippen LogP contribution in [0.4, 0.5) is 0 Å². The van der Waals surface area contributed by atoms with Gasteiger partial charge in [0.25, 0.3) is 0 Å². The van der Waals surface area contributed by atoms with Crippen molar-refractivity contribution in [3.05, 3.63) is 35.9 Å². The van der Waals surface area contributed by atoms with Gasteiger partial charge >= 0.3 is 5.97 Å². The summed E-state index contributed by atoms with van der Waals surface area (Å²) < 4.78 is 0. The van der Waals surface area contributed by atoms with Crippen molar-refractivity contribution in [1.29, 1.82) is 0 Å². The number of rotatable bonds is 3. The number of carboxylic acid groups (broad SMARTS) is 1. The molecule has 1 aromatic rings. The van der Waals surface area contributed by atoms with Crippen LogP contribution in [-0.2, 0) is 4.79 Å². The van der Waals surface area contributed by atoms with Crippen LogP contribution < -0.4 is 0 Å². The zero-order valence-corrected chi connectivity index (χ0v) is 11.6. The lowest BCUT2D eigenvalue weighted by Crippen LogP contribution is -2.56. The molecule has 1 heterocycles. The summed E-state index contributed by atoms with van der Waals surface area (Å²) in [7, 11) is 0. The Balaban J connectivity index is 1.46. The van der Waals surface area contributed by atoms with Crippen molar-refractivity contribution in [3.63, 3.8) is 0 Å². The molecule has 3 aliphatic rings. The van der Waals surface area contributed by atoms with Gasteiger partial charge in [-0.3, -0.25) is 9.69 Å². The number of nitrogens with zero attached hydrogens (tertiary/aromatic N) is 1. The normalized spacial score (nSPS) is 37.0. The molecule has 2 aliphatic carbocycles. The summed E-state index contributed by atoms with van der Waals surface area (Å²) in [5, 5.41) is 9.53. The highest BCUT2D eigenvalue weighted by molar-refractivity contribution is 5.72. The highest BCUT2D eigenvalue weighted by Gasteiger charge is 2.54. The van der Waals surface area contributed by atoms with E-state index in [2.05, 4.69) is 35.2 Å². The van der Waals surface area contributed by atoms with Crippen molar-refractivity contribution in [2.24, 2.45) is 17.8 Å². The largest absolute Gasteiger partial charge is 0.481 e. The molecule has 1 aliphatic heterocycles. The van der Waals surface area contributed by atoms with Gasteiger partial charge < -0.3 is 5.11 Å². The van der Waals surface area contributed by atoms with E-state index in [1.54, 1.807) is 0 Å². The van der Waals surface area contributed by atoms with Crippen LogP contribution in [0.3, 0.4) is 0 Å². The van der Waals surface area contributed by atoms with Crippen LogP contribution in [0.5, 0.6) is 0 Å². The van der Waals surface area contributed by atoms with Crippen LogP contribution in [-0.4, -0.2) is 35.1 Å². The third-order valence-electron chi connectivity index (χ3n) is 5.76. The number of likely N-dealkylation sites (tertiary alicyclic amines) is 1. The molecule has 0 amide bonds. The standard InChI is InChI=1S/C17H21NO2/c19-17(20)15-12-6-7-13(8-12)16(15)18-9-14(10-18)11-4-2-1-3-5-11/h1-5,12-16H,6-10H2,(H,19,20). The molecule has 20 heavy (non-hydrogen) atoms. The number of hydrogen-bond donors (Lipinski definition) is 1. The first-order valence-corrected chi connectivity index (χ1v) is 7.76. The van der Waals surface area contributed by atoms with Gasteiger partial charge in [0.2, 0.25) is 0 Å². The van der Waals surface area contributed by atoms with Crippen LogP contribution >= 0.6 is 0 Å². The maximum absolute atomic E-state index is 11.6. The van der Waals surface area contributed by atoms with Gasteiger partial charge in [-0.05, 0) is 36.7 Å². The Kier molecular flexibility index (Phi) is 2.84. The maximum atomic E-state index is 11.6. The van der Waals surface area contributed by atoms with Crippen molar-refractivity contribution in [1.82, 2.24) is 4.90 Å². The van der Waals surface area contributed by atoms with Gasteiger partial charge in [-0.25, -0.2) is 0 Å². The Morgan fingerprint density at radius 2 is 1.80 bits per heavy atom. The lowest BCUT2D eigenvalue weighted by Gasteiger charge is -2.48. The van der Waals surface area contributed by atoms with E-state index >= 15 is 0 Å². The lowest BCUT2D eigenvalue weighted by molar-refractivity contribution is -0.147. The number of carbonyl (C=O) groups is 1. The molecule has 1 aromatic carbocycles. The molecule has 2 saturated carbocycles. The molecule has 1 N–H and O–H groups in total. The first-order chi connectivity index (χ1) is 9.74. The molecule has 4 atom stereocenters. The Morgan fingerprint density at radius 1 is 1.10 bits per heavy atom. The van der Waals surface area contributed by atoms with Crippen LogP contribution in [0.15, 0.2) is 30.3 Å². The molecule has 3 heteroatoms. The zero-order valence-electron chi connectivity index (χ0n) is 11.6. The summed E-state index contributed by atoms with van der Waals surface area (Å²) in [4.78, 5) is 14.0. The Bertz CT molecular complexity index is 509. The van der Waals surface area contributed by atoms with E-state index in [9.17, 15) is 9.90 Å². The van der Waals surface area contributed by atoms with Crippen LogP contribution in [0.2, 0.25) is 0 Å². The summed E-state index contributed by atoms with van der Waals surface area (Å²) in [5.74, 6) is 1.01. The minimum Gasteiger partial charge on any atom is -0.481 e. The third-order valence-corrected chi connectivity index (χ3v) is 5.76. The minimum atomic E-state index is -0.564. The summed E-state index contributed by atoms with van der Waals surface area (Å²) in [6.45, 7) is 2.09. The summed E-state index contributed by atoms with van der Waals surface area (Å²) in [5.41, 5.74) is 1.40. The summed E-state index contributed by atoms with van der Waals surface area (Å²) in [6, 6.07) is 10.9. The topological polar surface area (TPSA) is 40.5 Å². The molecule has 0 spiro atoms. The van der Waals surface area contributed by atoms with Gasteiger partial charge in [0, 0.05) is 25.0 Å². The Labute approximate surface area is 119 Å². The van der Waals surface area contributed by atoms with Gasteiger partial charge in [0.05, 0.1) is 5.92 Å². The molecule has 3 nitrogen and oxygen atoms in total. The van der Waals surface area contributed by atoms with Crippen LogP contribution in [0.1, 0.15) is 30.7 Å². The predicted octanol–water partition coefficient (Wildman–Crippen LogP) is 2.59. The van der Waals surface area contributed by atoms with E-state index in [0.29, 0.717) is 23.8 Å². The number of fused-ring (bicyclic) bond motifs is 2. The zero-order chi connectivity index (χ0) is 13.7. The number of hydrogen-bond acceptors (Lipinski definition) is 2. The monoisotopic (exact) mass is 271 g/mol. The highest BCUT2D eigenvalue weighted by atomic mass is 16.4. The van der Waals surface area contributed by atoms with Crippen molar-refractivity contribution in [2.45, 2.75) is 31.2 Å².